The molecule has 4 heteroatoms. The van der Waals surface area contributed by atoms with Gasteiger partial charge in [0.05, 0.1) is 11.4 Å². The molecule has 0 aliphatic heterocycles. The largest absolute Gasteiger partial charge is 0.394 e. The molecule has 0 aliphatic carbocycles. The van der Waals surface area contributed by atoms with Gasteiger partial charge in [0.1, 0.15) is 5.82 Å². The second-order valence-electron chi connectivity index (χ2n) is 2.42. The highest BCUT2D eigenvalue weighted by Gasteiger charge is 2.04. The third-order valence-electron chi connectivity index (χ3n) is 1.65. The monoisotopic (exact) mass is 164 g/mol. The summed E-state index contributed by atoms with van der Waals surface area (Å²) in [6.45, 7) is 3.62. The van der Waals surface area contributed by atoms with Crippen molar-refractivity contribution >= 4 is 17.2 Å². The molecule has 64 valence electrons. The smallest absolute Gasteiger partial charge is 0.148 e. The molecule has 1 rings (SSSR count). The van der Waals surface area contributed by atoms with E-state index in [-0.39, 0.29) is 0 Å². The quantitative estimate of drug-likeness (QED) is 0.679. The predicted octanol–water partition coefficient (Wildman–Crippen LogP) is 0.826. The molecule has 0 aliphatic rings. The Morgan fingerprint density at radius 2 is 2.25 bits per heavy atom. The third-order valence-corrected chi connectivity index (χ3v) is 1.65. The number of nitrogens with two attached hydrogens (primary N) is 2. The lowest BCUT2D eigenvalue weighted by Crippen LogP contribution is -2.11. The molecule has 0 amide bonds. The molecule has 0 radical (unpaired) electrons. The number of pyridine rings is 1. The Bertz CT molecular complexity index is 295. The molecule has 0 aromatic carbocycles. The van der Waals surface area contributed by atoms with Gasteiger partial charge in [-0.3, -0.25) is 0 Å². The van der Waals surface area contributed by atoms with E-state index in [9.17, 15) is 0 Å². The summed E-state index contributed by atoms with van der Waals surface area (Å²) in [4.78, 5) is 5.63. The summed E-state index contributed by atoms with van der Waals surface area (Å²) in [5.74, 6) is 0.348. The molecule has 4 N–H and O–H groups in total. The summed E-state index contributed by atoms with van der Waals surface area (Å²) >= 11 is 0. The summed E-state index contributed by atoms with van der Waals surface area (Å²) in [6.07, 6.45) is 3.27. The lowest BCUT2D eigenvalue weighted by molar-refractivity contribution is 1.19. The topological polar surface area (TPSA) is 68.2 Å². The van der Waals surface area contributed by atoms with E-state index in [4.69, 9.17) is 11.5 Å². The second kappa shape index (κ2) is 3.13. The molecule has 0 saturated carbocycles. The highest BCUT2D eigenvalue weighted by molar-refractivity contribution is 5.77. The Morgan fingerprint density at radius 3 is 2.83 bits per heavy atom. The Balaban J connectivity index is 3.15. The number of rotatable bonds is 2. The number of hydrogen-bond donors (Lipinski definition) is 2. The number of anilines is 3. The van der Waals surface area contributed by atoms with Crippen molar-refractivity contribution in [2.45, 2.75) is 0 Å². The van der Waals surface area contributed by atoms with Crippen molar-refractivity contribution in [1.29, 1.82) is 0 Å². The van der Waals surface area contributed by atoms with Crippen LogP contribution in [0.3, 0.4) is 0 Å². The Labute approximate surface area is 71.5 Å². The number of hydrogen-bond acceptors (Lipinski definition) is 4. The second-order valence-corrected chi connectivity index (χ2v) is 2.42. The first kappa shape index (κ1) is 8.39. The van der Waals surface area contributed by atoms with Gasteiger partial charge in [-0.1, -0.05) is 6.58 Å². The lowest BCUT2D eigenvalue weighted by Gasteiger charge is -2.15. The SMILES string of the molecule is C=CN(C)c1ccnc(N)c1N. The minimum absolute atomic E-state index is 0.348. The molecule has 0 fully saturated rings. The molecule has 12 heavy (non-hydrogen) atoms. The van der Waals surface area contributed by atoms with E-state index < -0.39 is 0 Å². The molecule has 0 bridgehead atoms. The van der Waals surface area contributed by atoms with Gasteiger partial charge in [-0.2, -0.15) is 0 Å². The number of nitrogen functional groups attached to an aromatic ring is 2. The zero-order chi connectivity index (χ0) is 9.14. The van der Waals surface area contributed by atoms with E-state index in [0.717, 1.165) is 5.69 Å². The van der Waals surface area contributed by atoms with Crippen molar-refractivity contribution in [3.05, 3.63) is 25.0 Å². The summed E-state index contributed by atoms with van der Waals surface area (Å²) < 4.78 is 0. The summed E-state index contributed by atoms with van der Waals surface area (Å²) in [5, 5.41) is 0. The van der Waals surface area contributed by atoms with E-state index in [2.05, 4.69) is 11.6 Å². The molecular weight excluding hydrogens is 152 g/mol. The van der Waals surface area contributed by atoms with Crippen LogP contribution in [0.5, 0.6) is 0 Å². The van der Waals surface area contributed by atoms with Crippen LogP contribution in [0.1, 0.15) is 0 Å². The van der Waals surface area contributed by atoms with Gasteiger partial charge in [0.25, 0.3) is 0 Å². The number of aromatic nitrogens is 1. The maximum Gasteiger partial charge on any atom is 0.148 e. The number of nitrogens with zero attached hydrogens (tertiary/aromatic N) is 2. The molecule has 1 heterocycles. The molecule has 0 unspecified atom stereocenters. The fraction of sp³-hybridized carbons (Fsp3) is 0.125. The Kier molecular flexibility index (Phi) is 2.19. The van der Waals surface area contributed by atoms with Crippen LogP contribution < -0.4 is 16.4 Å². The van der Waals surface area contributed by atoms with Crippen LogP contribution in [0.15, 0.2) is 25.0 Å². The molecule has 0 saturated heterocycles. The highest BCUT2D eigenvalue weighted by atomic mass is 15.1. The summed E-state index contributed by atoms with van der Waals surface area (Å²) in [5.41, 5.74) is 12.5. The van der Waals surface area contributed by atoms with Crippen molar-refractivity contribution in [2.24, 2.45) is 0 Å². The fourth-order valence-corrected chi connectivity index (χ4v) is 0.885. The normalized spacial score (nSPS) is 9.42. The first-order chi connectivity index (χ1) is 5.66. The maximum atomic E-state index is 5.68. The van der Waals surface area contributed by atoms with E-state index in [1.54, 1.807) is 23.4 Å². The molecular formula is C8H12N4. The van der Waals surface area contributed by atoms with Crippen LogP contribution >= 0.6 is 0 Å². The Morgan fingerprint density at radius 1 is 1.58 bits per heavy atom. The molecule has 0 atom stereocenters. The van der Waals surface area contributed by atoms with Gasteiger partial charge in [0.2, 0.25) is 0 Å². The van der Waals surface area contributed by atoms with Crippen LogP contribution in [-0.2, 0) is 0 Å². The molecule has 1 aromatic rings. The van der Waals surface area contributed by atoms with Crippen LogP contribution in [0, 0.1) is 0 Å². The van der Waals surface area contributed by atoms with Crippen molar-refractivity contribution in [2.75, 3.05) is 23.4 Å². The summed E-state index contributed by atoms with van der Waals surface area (Å²) in [6, 6.07) is 1.79. The van der Waals surface area contributed by atoms with E-state index in [0.29, 0.717) is 11.5 Å². The maximum absolute atomic E-state index is 5.68. The minimum atomic E-state index is 0.348. The van der Waals surface area contributed by atoms with Crippen molar-refractivity contribution in [3.8, 4) is 0 Å². The fourth-order valence-electron chi connectivity index (χ4n) is 0.885. The van der Waals surface area contributed by atoms with E-state index >= 15 is 0 Å². The van der Waals surface area contributed by atoms with E-state index in [1.807, 2.05) is 7.05 Å². The van der Waals surface area contributed by atoms with Crippen molar-refractivity contribution < 1.29 is 0 Å². The predicted molar refractivity (Wildman–Crippen MR) is 51.7 cm³/mol. The average Bonchev–Trinajstić information content (AvgIpc) is 2.08. The van der Waals surface area contributed by atoms with Crippen LogP contribution in [-0.4, -0.2) is 12.0 Å². The van der Waals surface area contributed by atoms with Gasteiger partial charge in [0, 0.05) is 13.2 Å². The van der Waals surface area contributed by atoms with Crippen LogP contribution in [0.25, 0.3) is 0 Å². The van der Waals surface area contributed by atoms with Gasteiger partial charge < -0.3 is 16.4 Å². The van der Waals surface area contributed by atoms with Gasteiger partial charge >= 0.3 is 0 Å². The van der Waals surface area contributed by atoms with Gasteiger partial charge in [-0.25, -0.2) is 4.98 Å². The zero-order valence-corrected chi connectivity index (χ0v) is 6.99. The molecule has 0 spiro atoms. The summed E-state index contributed by atoms with van der Waals surface area (Å²) in [7, 11) is 1.85. The average molecular weight is 164 g/mol. The highest BCUT2D eigenvalue weighted by Crippen LogP contribution is 2.25. The van der Waals surface area contributed by atoms with Gasteiger partial charge in [0.15, 0.2) is 0 Å². The van der Waals surface area contributed by atoms with Crippen LogP contribution in [0.4, 0.5) is 17.2 Å². The molecule has 1 aromatic heterocycles. The third kappa shape index (κ3) is 1.32. The zero-order valence-electron chi connectivity index (χ0n) is 6.99. The van der Waals surface area contributed by atoms with Crippen molar-refractivity contribution in [3.63, 3.8) is 0 Å². The standard InChI is InChI=1S/C8H12N4/c1-3-12(2)6-4-5-11-8(10)7(6)9/h3-5H,1,9H2,2H3,(H2,10,11). The molecule has 4 nitrogen and oxygen atoms in total. The van der Waals surface area contributed by atoms with Crippen LogP contribution in [0.2, 0.25) is 0 Å². The Hall–Kier alpha value is -1.71. The van der Waals surface area contributed by atoms with Gasteiger partial charge in [-0.15, -0.1) is 0 Å². The first-order valence-electron chi connectivity index (χ1n) is 3.52. The minimum Gasteiger partial charge on any atom is -0.394 e. The lowest BCUT2D eigenvalue weighted by atomic mass is 10.3. The first-order valence-corrected chi connectivity index (χ1v) is 3.52. The van der Waals surface area contributed by atoms with E-state index in [1.165, 1.54) is 0 Å². The van der Waals surface area contributed by atoms with Crippen molar-refractivity contribution in [1.82, 2.24) is 4.98 Å². The van der Waals surface area contributed by atoms with Gasteiger partial charge in [-0.05, 0) is 12.3 Å².